The standard InChI is InChI=1S/C36H37IN2O6/c1-22(37)45-27-14-16-29-32(21-27)44-19-18-39-31-20-25(11-15-28(31)33(34(29)39)24-6-4-3-5-7-24)35(41)38-30(36(42)43-2)17-10-23-8-12-26(40)13-9-23/h8-9,11-16,20-21,24,30,40H,1,3-7,10,17-19H2,2H3,(H,38,41)/t30-/m0/s1. The number of carbonyl (C=O) groups is 2. The second kappa shape index (κ2) is 13.6. The van der Waals surface area contributed by atoms with Crippen molar-refractivity contribution in [2.75, 3.05) is 13.7 Å². The molecule has 8 nitrogen and oxygen atoms in total. The van der Waals surface area contributed by atoms with Crippen LogP contribution in [0.2, 0.25) is 0 Å². The summed E-state index contributed by atoms with van der Waals surface area (Å²) in [7, 11) is 1.32. The molecule has 1 aromatic heterocycles. The van der Waals surface area contributed by atoms with Crippen LogP contribution in [0, 0.1) is 0 Å². The van der Waals surface area contributed by atoms with Crippen LogP contribution in [0.3, 0.4) is 0 Å². The lowest BCUT2D eigenvalue weighted by molar-refractivity contribution is -0.143. The second-order valence-electron chi connectivity index (χ2n) is 11.7. The number of ether oxygens (including phenoxy) is 3. The number of aryl methyl sites for hydroxylation is 1. The van der Waals surface area contributed by atoms with E-state index in [1.54, 1.807) is 24.3 Å². The molecule has 2 N–H and O–H groups in total. The highest BCUT2D eigenvalue weighted by Crippen LogP contribution is 2.48. The van der Waals surface area contributed by atoms with E-state index in [-0.39, 0.29) is 11.7 Å². The van der Waals surface area contributed by atoms with Gasteiger partial charge in [0.05, 0.1) is 19.3 Å². The van der Waals surface area contributed by atoms with Gasteiger partial charge in [0.25, 0.3) is 5.91 Å². The number of nitrogens with zero attached hydrogens (tertiary/aromatic N) is 1. The lowest BCUT2D eigenvalue weighted by Gasteiger charge is -2.23. The average molecular weight is 721 g/mol. The first-order valence-electron chi connectivity index (χ1n) is 15.4. The van der Waals surface area contributed by atoms with Gasteiger partial charge < -0.3 is 29.2 Å². The molecule has 0 radical (unpaired) electrons. The van der Waals surface area contributed by atoms with Crippen LogP contribution in [0.15, 0.2) is 71.0 Å². The number of nitrogens with one attached hydrogen (secondary N) is 1. The van der Waals surface area contributed by atoms with Gasteiger partial charge in [-0.25, -0.2) is 4.79 Å². The molecule has 0 saturated heterocycles. The van der Waals surface area contributed by atoms with Gasteiger partial charge in [0.15, 0.2) is 3.77 Å². The summed E-state index contributed by atoms with van der Waals surface area (Å²) in [5.74, 6) is 1.22. The molecule has 1 atom stereocenters. The van der Waals surface area contributed by atoms with E-state index in [0.717, 1.165) is 46.3 Å². The lowest BCUT2D eigenvalue weighted by atomic mass is 9.81. The molecule has 234 valence electrons. The number of halogens is 1. The Bertz CT molecular complexity index is 1740. The van der Waals surface area contributed by atoms with Crippen molar-refractivity contribution in [3.8, 4) is 28.5 Å². The topological polar surface area (TPSA) is 99.0 Å². The van der Waals surface area contributed by atoms with Gasteiger partial charge in [-0.05, 0) is 108 Å². The van der Waals surface area contributed by atoms with E-state index in [0.29, 0.717) is 47.0 Å². The minimum Gasteiger partial charge on any atom is -0.508 e. The van der Waals surface area contributed by atoms with E-state index in [1.807, 2.05) is 24.3 Å². The molecular weight excluding hydrogens is 683 g/mol. The third kappa shape index (κ3) is 6.68. The van der Waals surface area contributed by atoms with Crippen LogP contribution in [0.1, 0.15) is 65.9 Å². The van der Waals surface area contributed by atoms with E-state index in [2.05, 4.69) is 51.2 Å². The van der Waals surface area contributed by atoms with Gasteiger partial charge in [-0.1, -0.05) is 37.5 Å². The predicted octanol–water partition coefficient (Wildman–Crippen LogP) is 7.64. The maximum absolute atomic E-state index is 13.6. The molecule has 1 aliphatic heterocycles. The first-order valence-corrected chi connectivity index (χ1v) is 16.5. The molecule has 1 saturated carbocycles. The molecule has 1 amide bonds. The second-order valence-corrected chi connectivity index (χ2v) is 12.9. The Labute approximate surface area is 276 Å². The van der Waals surface area contributed by atoms with Gasteiger partial charge in [-0.3, -0.25) is 4.79 Å². The molecule has 3 aromatic carbocycles. The Morgan fingerprint density at radius 2 is 1.87 bits per heavy atom. The monoisotopic (exact) mass is 720 g/mol. The van der Waals surface area contributed by atoms with Crippen molar-refractivity contribution >= 4 is 45.4 Å². The first-order chi connectivity index (χ1) is 21.8. The molecule has 0 spiro atoms. The minimum absolute atomic E-state index is 0.179. The third-order valence-electron chi connectivity index (χ3n) is 8.84. The number of rotatable bonds is 9. The smallest absolute Gasteiger partial charge is 0.328 e. The normalized spacial score (nSPS) is 15.2. The Hall–Kier alpha value is -3.99. The summed E-state index contributed by atoms with van der Waals surface area (Å²) in [5.41, 5.74) is 5.88. The Morgan fingerprint density at radius 1 is 1.09 bits per heavy atom. The van der Waals surface area contributed by atoms with Crippen LogP contribution < -0.4 is 14.8 Å². The minimum atomic E-state index is -0.815. The third-order valence-corrected chi connectivity index (χ3v) is 9.06. The number of amides is 1. The van der Waals surface area contributed by atoms with Crippen LogP contribution in [0.5, 0.6) is 17.2 Å². The van der Waals surface area contributed by atoms with Gasteiger partial charge in [0.1, 0.15) is 29.9 Å². The maximum atomic E-state index is 13.6. The molecule has 2 heterocycles. The highest BCUT2D eigenvalue weighted by Gasteiger charge is 2.30. The zero-order valence-corrected chi connectivity index (χ0v) is 27.5. The number of hydrogen-bond donors (Lipinski definition) is 2. The number of aromatic nitrogens is 1. The summed E-state index contributed by atoms with van der Waals surface area (Å²) in [5, 5.41) is 13.6. The molecule has 0 bridgehead atoms. The Kier molecular flexibility index (Phi) is 9.34. The molecule has 1 fully saturated rings. The number of carbonyl (C=O) groups excluding carboxylic acids is 2. The Morgan fingerprint density at radius 3 is 2.60 bits per heavy atom. The van der Waals surface area contributed by atoms with Crippen molar-refractivity contribution in [2.24, 2.45) is 0 Å². The zero-order valence-electron chi connectivity index (χ0n) is 25.3. The van der Waals surface area contributed by atoms with Gasteiger partial charge in [0.2, 0.25) is 0 Å². The molecule has 0 unspecified atom stereocenters. The van der Waals surface area contributed by atoms with E-state index in [9.17, 15) is 14.7 Å². The van der Waals surface area contributed by atoms with Crippen molar-refractivity contribution in [3.63, 3.8) is 0 Å². The number of phenolic OH excluding ortho intramolecular Hbond substituents is 1. The summed E-state index contributed by atoms with van der Waals surface area (Å²) in [4.78, 5) is 26.3. The molecule has 6 rings (SSSR count). The molecule has 45 heavy (non-hydrogen) atoms. The first kappa shape index (κ1) is 31.0. The maximum Gasteiger partial charge on any atom is 0.328 e. The fraction of sp³-hybridized carbons (Fsp3) is 0.333. The summed E-state index contributed by atoms with van der Waals surface area (Å²) < 4.78 is 19.9. The average Bonchev–Trinajstić information content (AvgIpc) is 3.24. The molecule has 1 aliphatic carbocycles. The SMILES string of the molecule is C=C(I)Oc1ccc2c(c1)OCCn1c-2c(C2CCCCC2)c2ccc(C(=O)N[C@@H](CCc3ccc(O)cc3)C(=O)OC)cc21. The van der Waals surface area contributed by atoms with Crippen molar-refractivity contribution in [1.29, 1.82) is 0 Å². The van der Waals surface area contributed by atoms with Crippen molar-refractivity contribution in [2.45, 2.75) is 63.5 Å². The van der Waals surface area contributed by atoms with E-state index < -0.39 is 12.0 Å². The van der Waals surface area contributed by atoms with Crippen molar-refractivity contribution < 1.29 is 28.9 Å². The number of methoxy groups -OCH3 is 1. The van der Waals surface area contributed by atoms with Gasteiger partial charge in [0, 0.05) is 28.1 Å². The predicted molar refractivity (Wildman–Crippen MR) is 182 cm³/mol. The van der Waals surface area contributed by atoms with Crippen LogP contribution in [0.25, 0.3) is 22.2 Å². The highest BCUT2D eigenvalue weighted by molar-refractivity contribution is 14.1. The van der Waals surface area contributed by atoms with Crippen LogP contribution in [0.4, 0.5) is 0 Å². The molecule has 9 heteroatoms. The number of fused-ring (bicyclic) bond motifs is 5. The van der Waals surface area contributed by atoms with E-state index in [4.69, 9.17) is 14.2 Å². The van der Waals surface area contributed by atoms with Crippen molar-refractivity contribution in [1.82, 2.24) is 9.88 Å². The fourth-order valence-corrected chi connectivity index (χ4v) is 6.96. The van der Waals surface area contributed by atoms with Gasteiger partial charge in [-0.15, -0.1) is 0 Å². The number of phenols is 1. The molecular formula is C36H37IN2O6. The quantitative estimate of drug-likeness (QED) is 0.105. The van der Waals surface area contributed by atoms with Crippen LogP contribution in [-0.2, 0) is 22.5 Å². The number of esters is 1. The lowest BCUT2D eigenvalue weighted by Crippen LogP contribution is -2.41. The van der Waals surface area contributed by atoms with E-state index >= 15 is 0 Å². The summed E-state index contributed by atoms with van der Waals surface area (Å²) in [6, 6.07) is 17.8. The van der Waals surface area contributed by atoms with Crippen LogP contribution in [-0.4, -0.2) is 41.3 Å². The number of benzene rings is 3. The van der Waals surface area contributed by atoms with Crippen LogP contribution >= 0.6 is 22.6 Å². The Balaban J connectivity index is 1.36. The largest absolute Gasteiger partial charge is 0.508 e. The van der Waals surface area contributed by atoms with E-state index in [1.165, 1.54) is 31.9 Å². The number of hydrogen-bond acceptors (Lipinski definition) is 6. The molecule has 4 aromatic rings. The summed E-state index contributed by atoms with van der Waals surface area (Å²) >= 11 is 2.05. The molecule has 2 aliphatic rings. The fourth-order valence-electron chi connectivity index (χ4n) is 6.71. The number of aromatic hydroxyl groups is 1. The summed E-state index contributed by atoms with van der Waals surface area (Å²) in [6.07, 6.45) is 6.80. The summed E-state index contributed by atoms with van der Waals surface area (Å²) in [6.45, 7) is 4.96. The highest BCUT2D eigenvalue weighted by atomic mass is 127. The van der Waals surface area contributed by atoms with Crippen molar-refractivity contribution in [3.05, 3.63) is 87.7 Å². The van der Waals surface area contributed by atoms with Gasteiger partial charge >= 0.3 is 5.97 Å². The zero-order chi connectivity index (χ0) is 31.5. The van der Waals surface area contributed by atoms with Gasteiger partial charge in [-0.2, -0.15) is 0 Å².